The Labute approximate surface area is 99.9 Å². The zero-order chi connectivity index (χ0) is 14.0. The Morgan fingerprint density at radius 2 is 1.94 bits per heavy atom. The number of carboxylic acid groups (broad SMARTS) is 1. The van der Waals surface area contributed by atoms with Gasteiger partial charge in [-0.25, -0.2) is 4.79 Å². The summed E-state index contributed by atoms with van der Waals surface area (Å²) in [5.74, 6) is -1.40. The molecule has 0 spiro atoms. The molecule has 0 radical (unpaired) electrons. The van der Waals surface area contributed by atoms with E-state index in [2.05, 4.69) is 4.18 Å². The van der Waals surface area contributed by atoms with Crippen LogP contribution in [0.15, 0.2) is 29.2 Å². The first-order chi connectivity index (χ1) is 8.12. The van der Waals surface area contributed by atoms with Gasteiger partial charge in [-0.15, -0.1) is 0 Å². The van der Waals surface area contributed by atoms with Crippen molar-refractivity contribution in [1.82, 2.24) is 0 Å². The van der Waals surface area contributed by atoms with Crippen molar-refractivity contribution < 1.29 is 35.7 Å². The zero-order valence-corrected chi connectivity index (χ0v) is 9.46. The highest BCUT2D eigenvalue weighted by molar-refractivity contribution is 7.86. The van der Waals surface area contributed by atoms with Crippen LogP contribution in [0.5, 0.6) is 0 Å². The number of halogens is 3. The number of benzene rings is 1. The molecule has 9 heteroatoms. The third-order valence-corrected chi connectivity index (χ3v) is 3.01. The maximum atomic E-state index is 11.8. The van der Waals surface area contributed by atoms with Crippen molar-refractivity contribution in [2.45, 2.75) is 11.1 Å². The second kappa shape index (κ2) is 4.94. The van der Waals surface area contributed by atoms with Crippen LogP contribution in [0.1, 0.15) is 10.4 Å². The number of hydrogen-bond acceptors (Lipinski definition) is 4. The zero-order valence-electron chi connectivity index (χ0n) is 8.64. The molecule has 1 rings (SSSR count). The second-order valence-corrected chi connectivity index (χ2v) is 4.78. The SMILES string of the molecule is O=C(O)c1cccc(S(=O)(=O)OCC(F)(F)F)c1. The number of carboxylic acids is 1. The Hall–Kier alpha value is -1.61. The van der Waals surface area contributed by atoms with Crippen LogP contribution in [0, 0.1) is 0 Å². The number of carbonyl (C=O) groups is 1. The minimum Gasteiger partial charge on any atom is -0.478 e. The van der Waals surface area contributed by atoms with E-state index in [0.717, 1.165) is 18.2 Å². The van der Waals surface area contributed by atoms with Crippen molar-refractivity contribution in [3.05, 3.63) is 29.8 Å². The summed E-state index contributed by atoms with van der Waals surface area (Å²) in [5, 5.41) is 8.62. The predicted molar refractivity (Wildman–Crippen MR) is 52.6 cm³/mol. The fraction of sp³-hybridized carbons (Fsp3) is 0.222. The molecule has 0 saturated heterocycles. The number of aromatic carboxylic acids is 1. The van der Waals surface area contributed by atoms with Gasteiger partial charge < -0.3 is 5.11 Å². The minimum atomic E-state index is -4.79. The normalized spacial score (nSPS) is 12.4. The molecule has 0 atom stereocenters. The molecule has 1 aromatic carbocycles. The molecule has 0 saturated carbocycles. The average Bonchev–Trinajstić information content (AvgIpc) is 2.26. The first-order valence-corrected chi connectivity index (χ1v) is 5.82. The topological polar surface area (TPSA) is 80.7 Å². The van der Waals surface area contributed by atoms with Crippen LogP contribution in [-0.2, 0) is 14.3 Å². The molecule has 0 aromatic heterocycles. The van der Waals surface area contributed by atoms with Crippen LogP contribution in [0.3, 0.4) is 0 Å². The van der Waals surface area contributed by atoms with E-state index in [1.807, 2.05) is 0 Å². The van der Waals surface area contributed by atoms with E-state index in [4.69, 9.17) is 5.11 Å². The van der Waals surface area contributed by atoms with Crippen molar-refractivity contribution in [1.29, 1.82) is 0 Å². The summed E-state index contributed by atoms with van der Waals surface area (Å²) in [4.78, 5) is 9.93. The first-order valence-electron chi connectivity index (χ1n) is 4.41. The summed E-state index contributed by atoms with van der Waals surface area (Å²) in [6, 6.07) is 3.85. The van der Waals surface area contributed by atoms with Crippen molar-refractivity contribution in [3.8, 4) is 0 Å². The standard InChI is InChI=1S/C9H7F3O5S/c10-9(11,12)5-17-18(15,16)7-3-1-2-6(4-7)8(13)14/h1-4H,5H2,(H,13,14). The molecule has 1 aromatic rings. The lowest BCUT2D eigenvalue weighted by Crippen LogP contribution is -2.20. The lowest BCUT2D eigenvalue weighted by Gasteiger charge is -2.08. The van der Waals surface area contributed by atoms with Crippen molar-refractivity contribution in [2.75, 3.05) is 6.61 Å². The molecule has 1 N–H and O–H groups in total. The Balaban J connectivity index is 2.99. The van der Waals surface area contributed by atoms with Crippen molar-refractivity contribution in [3.63, 3.8) is 0 Å². The summed E-state index contributed by atoms with van der Waals surface area (Å²) < 4.78 is 61.9. The Kier molecular flexibility index (Phi) is 3.97. The van der Waals surface area contributed by atoms with E-state index in [1.165, 1.54) is 0 Å². The van der Waals surface area contributed by atoms with Gasteiger partial charge in [-0.05, 0) is 18.2 Å². The molecule has 0 aliphatic rings. The van der Waals surface area contributed by atoms with Gasteiger partial charge in [0.05, 0.1) is 10.5 Å². The predicted octanol–water partition coefficient (Wildman–Crippen LogP) is 1.65. The van der Waals surface area contributed by atoms with Crippen LogP contribution in [0.2, 0.25) is 0 Å². The molecule has 0 fully saturated rings. The van der Waals surface area contributed by atoms with Gasteiger partial charge in [0.15, 0.2) is 6.61 Å². The summed E-state index contributed by atoms with van der Waals surface area (Å²) in [6.45, 7) is -1.97. The summed E-state index contributed by atoms with van der Waals surface area (Å²) in [6.07, 6.45) is -4.79. The maximum Gasteiger partial charge on any atom is 0.413 e. The highest BCUT2D eigenvalue weighted by Crippen LogP contribution is 2.20. The van der Waals surface area contributed by atoms with Crippen LogP contribution >= 0.6 is 0 Å². The van der Waals surface area contributed by atoms with Gasteiger partial charge in [-0.2, -0.15) is 21.6 Å². The molecule has 18 heavy (non-hydrogen) atoms. The molecular weight excluding hydrogens is 277 g/mol. The summed E-state index contributed by atoms with van der Waals surface area (Å²) in [7, 11) is -4.63. The lowest BCUT2D eigenvalue weighted by molar-refractivity contribution is -0.152. The summed E-state index contributed by atoms with van der Waals surface area (Å²) >= 11 is 0. The highest BCUT2D eigenvalue weighted by Gasteiger charge is 2.31. The third kappa shape index (κ3) is 4.00. The van der Waals surface area contributed by atoms with E-state index in [-0.39, 0.29) is 5.56 Å². The van der Waals surface area contributed by atoms with Crippen LogP contribution < -0.4 is 0 Å². The van der Waals surface area contributed by atoms with Gasteiger partial charge >= 0.3 is 12.1 Å². The minimum absolute atomic E-state index is 0.369. The lowest BCUT2D eigenvalue weighted by atomic mass is 10.2. The van der Waals surface area contributed by atoms with E-state index in [1.54, 1.807) is 0 Å². The second-order valence-electron chi connectivity index (χ2n) is 3.16. The highest BCUT2D eigenvalue weighted by atomic mass is 32.2. The van der Waals surface area contributed by atoms with Gasteiger partial charge in [-0.1, -0.05) is 6.07 Å². The Bertz CT molecular complexity index is 550. The maximum absolute atomic E-state index is 11.8. The van der Waals surface area contributed by atoms with Gasteiger partial charge in [-0.3, -0.25) is 4.18 Å². The molecular formula is C9H7F3O5S. The van der Waals surface area contributed by atoms with E-state index in [0.29, 0.717) is 6.07 Å². The largest absolute Gasteiger partial charge is 0.478 e. The number of rotatable bonds is 4. The fourth-order valence-electron chi connectivity index (χ4n) is 0.997. The van der Waals surface area contributed by atoms with E-state index < -0.39 is 33.8 Å². The Morgan fingerprint density at radius 3 is 2.44 bits per heavy atom. The Morgan fingerprint density at radius 1 is 1.33 bits per heavy atom. The average molecular weight is 284 g/mol. The molecule has 0 heterocycles. The van der Waals surface area contributed by atoms with Crippen LogP contribution in [0.25, 0.3) is 0 Å². The molecule has 0 aliphatic carbocycles. The number of alkyl halides is 3. The van der Waals surface area contributed by atoms with E-state index in [9.17, 15) is 26.4 Å². The first kappa shape index (κ1) is 14.5. The molecule has 0 unspecified atom stereocenters. The summed E-state index contributed by atoms with van der Waals surface area (Å²) in [5.41, 5.74) is -0.369. The van der Waals surface area contributed by atoms with Gasteiger partial charge in [0, 0.05) is 0 Å². The monoisotopic (exact) mass is 284 g/mol. The molecule has 0 aliphatic heterocycles. The quantitative estimate of drug-likeness (QED) is 0.850. The molecule has 0 amide bonds. The van der Waals surface area contributed by atoms with Gasteiger partial charge in [0.1, 0.15) is 0 Å². The molecule has 0 bridgehead atoms. The van der Waals surface area contributed by atoms with Gasteiger partial charge in [0.2, 0.25) is 0 Å². The van der Waals surface area contributed by atoms with E-state index >= 15 is 0 Å². The smallest absolute Gasteiger partial charge is 0.413 e. The molecule has 100 valence electrons. The van der Waals surface area contributed by atoms with Crippen molar-refractivity contribution >= 4 is 16.1 Å². The van der Waals surface area contributed by atoms with Crippen LogP contribution in [-0.4, -0.2) is 32.3 Å². The third-order valence-electron chi connectivity index (χ3n) is 1.75. The van der Waals surface area contributed by atoms with Crippen LogP contribution in [0.4, 0.5) is 13.2 Å². The van der Waals surface area contributed by atoms with Crippen molar-refractivity contribution in [2.24, 2.45) is 0 Å². The fourth-order valence-corrected chi connectivity index (χ4v) is 1.94. The number of hydrogen-bond donors (Lipinski definition) is 1. The van der Waals surface area contributed by atoms with Gasteiger partial charge in [0.25, 0.3) is 10.1 Å². The molecule has 5 nitrogen and oxygen atoms in total.